The van der Waals surface area contributed by atoms with Gasteiger partial charge >= 0.3 is 6.18 Å². The molecule has 0 bridgehead atoms. The molecule has 43 heavy (non-hydrogen) atoms. The van der Waals surface area contributed by atoms with Gasteiger partial charge in [-0.25, -0.2) is 17.5 Å². The molecule has 1 heterocycles. The van der Waals surface area contributed by atoms with Gasteiger partial charge < -0.3 is 10.1 Å². The van der Waals surface area contributed by atoms with Crippen LogP contribution in [0.1, 0.15) is 31.9 Å². The van der Waals surface area contributed by atoms with Gasteiger partial charge in [0.1, 0.15) is 11.6 Å². The maximum Gasteiger partial charge on any atom is 0.416 e. The molecule has 2 N–H and O–H groups in total. The highest BCUT2D eigenvalue weighted by Gasteiger charge is 2.32. The largest absolute Gasteiger partial charge is 0.483 e. The third kappa shape index (κ3) is 8.41. The third-order valence-electron chi connectivity index (χ3n) is 6.06. The standard InChI is InChI=1S/C29H23ClF4N2O5S2/c1-17-11-23(43(39,40)35-9-8-22-3-2-10-42-22)5-6-25(17)36-27(37)16-41-26-7-4-20(30)15-24(26)28(38)18-12-19(29(32,33)34)14-21(31)13-18/h2-7,10-15,35H,8-9,16H2,1H3,(H,36,37). The zero-order valence-electron chi connectivity index (χ0n) is 22.3. The van der Waals surface area contributed by atoms with Crippen LogP contribution in [0.2, 0.25) is 5.02 Å². The van der Waals surface area contributed by atoms with Gasteiger partial charge in [0.05, 0.1) is 16.0 Å². The molecular formula is C29H23ClF4N2O5S2. The van der Waals surface area contributed by atoms with E-state index in [4.69, 9.17) is 16.3 Å². The summed E-state index contributed by atoms with van der Waals surface area (Å²) in [6, 6.07) is 13.1. The normalized spacial score (nSPS) is 11.8. The van der Waals surface area contributed by atoms with Crippen molar-refractivity contribution in [3.63, 3.8) is 0 Å². The van der Waals surface area contributed by atoms with Crippen LogP contribution < -0.4 is 14.8 Å². The van der Waals surface area contributed by atoms with Crippen molar-refractivity contribution in [1.82, 2.24) is 4.72 Å². The molecule has 7 nitrogen and oxygen atoms in total. The first kappa shape index (κ1) is 32.1. The van der Waals surface area contributed by atoms with Crippen LogP contribution in [-0.2, 0) is 27.4 Å². The number of sulfonamides is 1. The van der Waals surface area contributed by atoms with E-state index < -0.39 is 51.4 Å². The van der Waals surface area contributed by atoms with Gasteiger partial charge in [-0.15, -0.1) is 11.3 Å². The first-order valence-electron chi connectivity index (χ1n) is 12.5. The van der Waals surface area contributed by atoms with Crippen molar-refractivity contribution in [1.29, 1.82) is 0 Å². The Balaban J connectivity index is 1.43. The number of aryl methyl sites for hydroxylation is 1. The van der Waals surface area contributed by atoms with Crippen LogP contribution in [0.3, 0.4) is 0 Å². The molecule has 0 saturated carbocycles. The van der Waals surface area contributed by atoms with Crippen LogP contribution in [0.25, 0.3) is 0 Å². The monoisotopic (exact) mass is 654 g/mol. The zero-order valence-corrected chi connectivity index (χ0v) is 24.7. The number of hydrogen-bond donors (Lipinski definition) is 2. The first-order valence-corrected chi connectivity index (χ1v) is 15.2. The smallest absolute Gasteiger partial charge is 0.416 e. The maximum atomic E-state index is 13.9. The van der Waals surface area contributed by atoms with Crippen molar-refractivity contribution in [3.8, 4) is 5.75 Å². The molecule has 1 aromatic heterocycles. The van der Waals surface area contributed by atoms with Crippen LogP contribution in [0.4, 0.5) is 23.2 Å². The maximum absolute atomic E-state index is 13.9. The molecule has 0 aliphatic rings. The fourth-order valence-corrected chi connectivity index (χ4v) is 5.96. The van der Waals surface area contributed by atoms with Crippen LogP contribution in [0.15, 0.2) is 77.0 Å². The zero-order chi connectivity index (χ0) is 31.4. The number of amides is 1. The van der Waals surface area contributed by atoms with E-state index in [1.807, 2.05) is 17.5 Å². The highest BCUT2D eigenvalue weighted by atomic mass is 35.5. The molecule has 3 aromatic carbocycles. The number of carbonyl (C=O) groups excluding carboxylic acids is 2. The molecule has 0 radical (unpaired) electrons. The van der Waals surface area contributed by atoms with E-state index >= 15 is 0 Å². The van der Waals surface area contributed by atoms with Crippen molar-refractivity contribution in [2.45, 2.75) is 24.4 Å². The lowest BCUT2D eigenvalue weighted by molar-refractivity contribution is -0.137. The summed E-state index contributed by atoms with van der Waals surface area (Å²) in [5, 5.41) is 4.54. The van der Waals surface area contributed by atoms with E-state index in [0.29, 0.717) is 29.8 Å². The van der Waals surface area contributed by atoms with Crippen molar-refractivity contribution in [2.75, 3.05) is 18.5 Å². The summed E-state index contributed by atoms with van der Waals surface area (Å²) in [6.45, 7) is 1.20. The minimum atomic E-state index is -4.88. The van der Waals surface area contributed by atoms with E-state index in [-0.39, 0.29) is 33.8 Å². The Morgan fingerprint density at radius 3 is 2.47 bits per heavy atom. The number of anilines is 1. The van der Waals surface area contributed by atoms with E-state index in [0.717, 1.165) is 10.9 Å². The molecule has 0 saturated heterocycles. The lowest BCUT2D eigenvalue weighted by Crippen LogP contribution is -2.26. The number of ether oxygens (including phenoxy) is 1. The molecule has 0 spiro atoms. The lowest BCUT2D eigenvalue weighted by Gasteiger charge is -2.14. The summed E-state index contributed by atoms with van der Waals surface area (Å²) < 4.78 is 86.7. The second-order valence-corrected chi connectivity index (χ2v) is 12.5. The van der Waals surface area contributed by atoms with Gasteiger partial charge in [-0.1, -0.05) is 17.7 Å². The van der Waals surface area contributed by atoms with E-state index in [2.05, 4.69) is 10.0 Å². The van der Waals surface area contributed by atoms with E-state index in [1.165, 1.54) is 41.7 Å². The topological polar surface area (TPSA) is 102 Å². The lowest BCUT2D eigenvalue weighted by atomic mass is 10.00. The second-order valence-electron chi connectivity index (χ2n) is 9.24. The molecule has 226 valence electrons. The van der Waals surface area contributed by atoms with Gasteiger partial charge in [-0.2, -0.15) is 13.2 Å². The van der Waals surface area contributed by atoms with Gasteiger partial charge in [0.25, 0.3) is 5.91 Å². The number of ketones is 1. The van der Waals surface area contributed by atoms with Gasteiger partial charge in [0.15, 0.2) is 12.4 Å². The van der Waals surface area contributed by atoms with Gasteiger partial charge in [-0.05, 0) is 85.0 Å². The fraction of sp³-hybridized carbons (Fsp3) is 0.172. The Morgan fingerprint density at radius 1 is 1.02 bits per heavy atom. The quantitative estimate of drug-likeness (QED) is 0.140. The van der Waals surface area contributed by atoms with Crippen molar-refractivity contribution in [2.24, 2.45) is 0 Å². The first-order chi connectivity index (χ1) is 20.2. The third-order valence-corrected chi connectivity index (χ3v) is 8.69. The van der Waals surface area contributed by atoms with Crippen molar-refractivity contribution < 1.29 is 40.3 Å². The number of nitrogens with one attached hydrogen (secondary N) is 2. The number of halogens is 5. The highest BCUT2D eigenvalue weighted by molar-refractivity contribution is 7.89. The van der Waals surface area contributed by atoms with Gasteiger partial charge in [-0.3, -0.25) is 9.59 Å². The van der Waals surface area contributed by atoms with Crippen LogP contribution in [0.5, 0.6) is 5.75 Å². The summed E-state index contributed by atoms with van der Waals surface area (Å²) in [5.41, 5.74) is -1.46. The summed E-state index contributed by atoms with van der Waals surface area (Å²) in [7, 11) is -3.79. The number of thiophene rings is 1. The predicted molar refractivity (Wildman–Crippen MR) is 155 cm³/mol. The summed E-state index contributed by atoms with van der Waals surface area (Å²) in [5.74, 6) is -3.11. The minimum absolute atomic E-state index is 0.0146. The Morgan fingerprint density at radius 2 is 1.79 bits per heavy atom. The molecule has 14 heteroatoms. The Labute approximate surface area is 253 Å². The number of rotatable bonds is 11. The van der Waals surface area contributed by atoms with Crippen LogP contribution >= 0.6 is 22.9 Å². The molecule has 4 rings (SSSR count). The molecule has 0 aliphatic heterocycles. The molecule has 0 unspecified atom stereocenters. The minimum Gasteiger partial charge on any atom is -0.483 e. The summed E-state index contributed by atoms with van der Waals surface area (Å²) in [6.07, 6.45) is -4.34. The van der Waals surface area contributed by atoms with Crippen LogP contribution in [-0.4, -0.2) is 33.3 Å². The van der Waals surface area contributed by atoms with E-state index in [1.54, 1.807) is 6.92 Å². The van der Waals surface area contributed by atoms with Crippen molar-refractivity contribution >= 4 is 50.3 Å². The Bertz CT molecular complexity index is 1760. The SMILES string of the molecule is Cc1cc(S(=O)(=O)NCCc2cccs2)ccc1NC(=O)COc1ccc(Cl)cc1C(=O)c1cc(F)cc(C(F)(F)F)c1. The van der Waals surface area contributed by atoms with E-state index in [9.17, 15) is 35.6 Å². The van der Waals surface area contributed by atoms with Crippen LogP contribution in [0, 0.1) is 12.7 Å². The fourth-order valence-electron chi connectivity index (χ4n) is 3.97. The second kappa shape index (κ2) is 13.2. The molecule has 1 amide bonds. The van der Waals surface area contributed by atoms with Gasteiger partial charge in [0.2, 0.25) is 10.0 Å². The molecular weight excluding hydrogens is 632 g/mol. The summed E-state index contributed by atoms with van der Waals surface area (Å²) in [4.78, 5) is 26.7. The number of alkyl halides is 3. The number of hydrogen-bond acceptors (Lipinski definition) is 6. The number of carbonyl (C=O) groups is 2. The van der Waals surface area contributed by atoms with Crippen molar-refractivity contribution in [3.05, 3.63) is 110 Å². The average Bonchev–Trinajstić information content (AvgIpc) is 3.45. The summed E-state index contributed by atoms with van der Waals surface area (Å²) >= 11 is 7.51. The predicted octanol–water partition coefficient (Wildman–Crippen LogP) is 6.64. The average molecular weight is 655 g/mol. The Kier molecular flexibility index (Phi) is 9.90. The molecule has 4 aromatic rings. The molecule has 0 atom stereocenters. The molecule has 0 aliphatic carbocycles. The van der Waals surface area contributed by atoms with Gasteiger partial charge in [0, 0.05) is 27.7 Å². The highest BCUT2D eigenvalue weighted by Crippen LogP contribution is 2.32. The Hall–Kier alpha value is -3.78. The number of benzene rings is 3. The molecule has 0 fully saturated rings.